The third-order valence-corrected chi connectivity index (χ3v) is 5.15. The van der Waals surface area contributed by atoms with Crippen molar-refractivity contribution in [3.05, 3.63) is 0 Å². The van der Waals surface area contributed by atoms with Gasteiger partial charge in [0.25, 0.3) is 0 Å². The third-order valence-electron chi connectivity index (χ3n) is 3.19. The van der Waals surface area contributed by atoms with Gasteiger partial charge in [-0.2, -0.15) is 0 Å². The molecule has 1 saturated heterocycles. The first kappa shape index (κ1) is 14.4. The number of carboxylic acid groups (broad SMARTS) is 1. The summed E-state index contributed by atoms with van der Waals surface area (Å²) in [7, 11) is -3.24. The minimum Gasteiger partial charge on any atom is -0.480 e. The van der Waals surface area contributed by atoms with E-state index in [-0.39, 0.29) is 31.7 Å². The van der Waals surface area contributed by atoms with Crippen LogP contribution in [0.5, 0.6) is 0 Å². The number of carboxylic acids is 1. The number of carbonyl (C=O) groups is 1. The lowest BCUT2D eigenvalue weighted by atomic mass is 9.90. The summed E-state index contributed by atoms with van der Waals surface area (Å²) in [5, 5.41) is 8.94. The van der Waals surface area contributed by atoms with E-state index in [9.17, 15) is 13.2 Å². The number of nitrogens with two attached hydrogens (primary N) is 1. The maximum atomic E-state index is 11.9. The Hall–Kier alpha value is -0.660. The van der Waals surface area contributed by atoms with Gasteiger partial charge in [0.15, 0.2) is 0 Å². The van der Waals surface area contributed by atoms with Crippen LogP contribution in [0.2, 0.25) is 0 Å². The molecule has 1 fully saturated rings. The number of unbranched alkanes of at least 4 members (excludes halogenated alkanes) is 1. The number of piperidine rings is 1. The van der Waals surface area contributed by atoms with E-state index in [1.54, 1.807) is 0 Å². The Labute approximate surface area is 102 Å². The molecule has 3 N–H and O–H groups in total. The number of rotatable bonds is 5. The molecule has 1 rings (SSSR count). The molecule has 0 radical (unpaired) electrons. The van der Waals surface area contributed by atoms with E-state index in [1.807, 2.05) is 6.92 Å². The van der Waals surface area contributed by atoms with Gasteiger partial charge in [-0.3, -0.25) is 4.79 Å². The highest BCUT2D eigenvalue weighted by Gasteiger charge is 2.40. The Kier molecular flexibility index (Phi) is 4.51. The van der Waals surface area contributed by atoms with E-state index >= 15 is 0 Å². The molecule has 1 heterocycles. The molecule has 0 bridgehead atoms. The summed E-state index contributed by atoms with van der Waals surface area (Å²) in [6, 6.07) is 0. The van der Waals surface area contributed by atoms with Crippen LogP contribution in [-0.2, 0) is 14.8 Å². The zero-order chi connectivity index (χ0) is 13.1. The highest BCUT2D eigenvalue weighted by atomic mass is 32.2. The molecule has 6 nitrogen and oxygen atoms in total. The minimum atomic E-state index is -3.24. The Bertz CT molecular complexity index is 372. The molecule has 0 aromatic rings. The van der Waals surface area contributed by atoms with Crippen LogP contribution in [0.3, 0.4) is 0 Å². The van der Waals surface area contributed by atoms with Crippen LogP contribution in [0.4, 0.5) is 0 Å². The zero-order valence-corrected chi connectivity index (χ0v) is 10.9. The second kappa shape index (κ2) is 5.32. The molecule has 0 aliphatic carbocycles. The number of nitrogens with zero attached hydrogens (tertiary/aromatic N) is 1. The van der Waals surface area contributed by atoms with Crippen molar-refractivity contribution in [1.82, 2.24) is 4.31 Å². The van der Waals surface area contributed by atoms with Gasteiger partial charge in [-0.15, -0.1) is 0 Å². The van der Waals surface area contributed by atoms with Crippen LogP contribution in [0, 0.1) is 0 Å². The average molecular weight is 264 g/mol. The summed E-state index contributed by atoms with van der Waals surface area (Å²) >= 11 is 0. The van der Waals surface area contributed by atoms with E-state index in [0.717, 1.165) is 6.42 Å². The molecule has 0 aromatic carbocycles. The summed E-state index contributed by atoms with van der Waals surface area (Å²) < 4.78 is 25.1. The standard InChI is InChI=1S/C10H20N2O4S/c1-2-3-8-17(15,16)12-6-4-10(11,5-7-12)9(13)14/h2-8,11H2,1H3,(H,13,14). The molecule has 0 amide bonds. The average Bonchev–Trinajstić information content (AvgIpc) is 2.27. The predicted molar refractivity (Wildman–Crippen MR) is 64.1 cm³/mol. The number of hydrogen-bond acceptors (Lipinski definition) is 4. The van der Waals surface area contributed by atoms with Crippen LogP contribution >= 0.6 is 0 Å². The van der Waals surface area contributed by atoms with Crippen LogP contribution in [0.25, 0.3) is 0 Å². The van der Waals surface area contributed by atoms with Crippen molar-refractivity contribution in [2.45, 2.75) is 38.1 Å². The van der Waals surface area contributed by atoms with Crippen LogP contribution in [0.15, 0.2) is 0 Å². The molecule has 17 heavy (non-hydrogen) atoms. The summed E-state index contributed by atoms with van der Waals surface area (Å²) in [5.41, 5.74) is 4.42. The molecule has 0 unspecified atom stereocenters. The second-order valence-corrected chi connectivity index (χ2v) is 6.62. The van der Waals surface area contributed by atoms with Crippen LogP contribution < -0.4 is 5.73 Å². The van der Waals surface area contributed by atoms with Crippen LogP contribution in [-0.4, -0.2) is 48.2 Å². The quantitative estimate of drug-likeness (QED) is 0.727. The SMILES string of the molecule is CCCCS(=O)(=O)N1CCC(N)(C(=O)O)CC1. The molecule has 1 aliphatic rings. The predicted octanol–water partition coefficient (Wildman–Crippen LogP) is -0.00580. The van der Waals surface area contributed by atoms with Gasteiger partial charge in [0.1, 0.15) is 5.54 Å². The third kappa shape index (κ3) is 3.40. The van der Waals surface area contributed by atoms with Gasteiger partial charge < -0.3 is 10.8 Å². The summed E-state index contributed by atoms with van der Waals surface area (Å²) in [5.74, 6) is -0.920. The molecular weight excluding hydrogens is 244 g/mol. The van der Waals surface area contributed by atoms with Crippen molar-refractivity contribution in [1.29, 1.82) is 0 Å². The fourth-order valence-corrected chi connectivity index (χ4v) is 3.48. The van der Waals surface area contributed by atoms with Gasteiger partial charge in [0, 0.05) is 13.1 Å². The molecular formula is C10H20N2O4S. The Morgan fingerprint density at radius 3 is 2.35 bits per heavy atom. The number of sulfonamides is 1. The minimum absolute atomic E-state index is 0.133. The molecule has 0 saturated carbocycles. The molecule has 0 atom stereocenters. The van der Waals surface area contributed by atoms with Crippen molar-refractivity contribution in [3.8, 4) is 0 Å². The smallest absolute Gasteiger partial charge is 0.323 e. The van der Waals surface area contributed by atoms with Gasteiger partial charge in [-0.1, -0.05) is 13.3 Å². The summed E-state index contributed by atoms with van der Waals surface area (Å²) in [6.45, 7) is 2.34. The maximum absolute atomic E-state index is 11.9. The lowest BCUT2D eigenvalue weighted by molar-refractivity contribution is -0.144. The van der Waals surface area contributed by atoms with E-state index in [2.05, 4.69) is 0 Å². The summed E-state index contributed by atoms with van der Waals surface area (Å²) in [4.78, 5) is 10.9. The molecule has 0 spiro atoms. The first-order valence-corrected chi connectivity index (χ1v) is 7.43. The van der Waals surface area contributed by atoms with E-state index in [1.165, 1.54) is 4.31 Å². The first-order valence-electron chi connectivity index (χ1n) is 5.82. The molecule has 0 aromatic heterocycles. The van der Waals surface area contributed by atoms with Crippen molar-refractivity contribution in [2.24, 2.45) is 5.73 Å². The van der Waals surface area contributed by atoms with Gasteiger partial charge in [-0.05, 0) is 19.3 Å². The van der Waals surface area contributed by atoms with Crippen molar-refractivity contribution < 1.29 is 18.3 Å². The van der Waals surface area contributed by atoms with Crippen molar-refractivity contribution >= 4 is 16.0 Å². The van der Waals surface area contributed by atoms with E-state index in [0.29, 0.717) is 6.42 Å². The maximum Gasteiger partial charge on any atom is 0.323 e. The van der Waals surface area contributed by atoms with Crippen molar-refractivity contribution in [3.63, 3.8) is 0 Å². The fraction of sp³-hybridized carbons (Fsp3) is 0.900. The fourth-order valence-electron chi connectivity index (χ4n) is 1.83. The number of hydrogen-bond donors (Lipinski definition) is 2. The van der Waals surface area contributed by atoms with E-state index < -0.39 is 21.5 Å². The normalized spacial score (nSPS) is 21.3. The van der Waals surface area contributed by atoms with Gasteiger partial charge in [-0.25, -0.2) is 12.7 Å². The van der Waals surface area contributed by atoms with Gasteiger partial charge >= 0.3 is 5.97 Å². The lowest BCUT2D eigenvalue weighted by Crippen LogP contribution is -2.56. The Morgan fingerprint density at radius 2 is 1.94 bits per heavy atom. The van der Waals surface area contributed by atoms with E-state index in [4.69, 9.17) is 10.8 Å². The molecule has 7 heteroatoms. The summed E-state index contributed by atoms with van der Waals surface area (Å²) in [6.07, 6.45) is 1.80. The lowest BCUT2D eigenvalue weighted by Gasteiger charge is -2.35. The first-order chi connectivity index (χ1) is 7.82. The van der Waals surface area contributed by atoms with Gasteiger partial charge in [0.2, 0.25) is 10.0 Å². The van der Waals surface area contributed by atoms with Crippen molar-refractivity contribution in [2.75, 3.05) is 18.8 Å². The monoisotopic (exact) mass is 264 g/mol. The molecule has 100 valence electrons. The zero-order valence-electron chi connectivity index (χ0n) is 10.1. The number of aliphatic carboxylic acids is 1. The highest BCUT2D eigenvalue weighted by Crippen LogP contribution is 2.22. The second-order valence-electron chi connectivity index (χ2n) is 4.53. The Balaban J connectivity index is 2.60. The highest BCUT2D eigenvalue weighted by molar-refractivity contribution is 7.89. The molecule has 1 aliphatic heterocycles. The van der Waals surface area contributed by atoms with Crippen LogP contribution in [0.1, 0.15) is 32.6 Å². The largest absolute Gasteiger partial charge is 0.480 e. The Morgan fingerprint density at radius 1 is 1.41 bits per heavy atom. The van der Waals surface area contributed by atoms with Gasteiger partial charge in [0.05, 0.1) is 5.75 Å². The topological polar surface area (TPSA) is 101 Å².